The summed E-state index contributed by atoms with van der Waals surface area (Å²) in [6, 6.07) is 0. The maximum atomic E-state index is 8.08. The van der Waals surface area contributed by atoms with E-state index < -0.39 is 0 Å². The van der Waals surface area contributed by atoms with Gasteiger partial charge in [-0.25, -0.2) is 0 Å². The summed E-state index contributed by atoms with van der Waals surface area (Å²) in [4.78, 5) is 11.0. The molecule has 6 heteroatoms. The Morgan fingerprint density at radius 2 is 1.96 bits per heavy atom. The van der Waals surface area contributed by atoms with Crippen LogP contribution >= 0.6 is 0 Å². The molecule has 144 valence electrons. The summed E-state index contributed by atoms with van der Waals surface area (Å²) in [5.41, 5.74) is 13.8. The van der Waals surface area contributed by atoms with Crippen molar-refractivity contribution in [2.24, 2.45) is 32.8 Å². The van der Waals surface area contributed by atoms with Crippen LogP contribution in [0.1, 0.15) is 39.5 Å². The van der Waals surface area contributed by atoms with Crippen LogP contribution in [-0.4, -0.2) is 55.9 Å². The molecule has 0 aromatic carbocycles. The predicted molar refractivity (Wildman–Crippen MR) is 111 cm³/mol. The lowest BCUT2D eigenvalue weighted by molar-refractivity contribution is 0.164. The minimum Gasteiger partial charge on any atom is -0.402 e. The second kappa shape index (κ2) is 9.12. The number of likely N-dealkylation sites (tertiary alicyclic amines) is 1. The number of amidine groups is 1. The second-order valence-corrected chi connectivity index (χ2v) is 7.60. The van der Waals surface area contributed by atoms with E-state index in [1.165, 1.54) is 45.3 Å². The van der Waals surface area contributed by atoms with Crippen molar-refractivity contribution in [1.82, 2.24) is 4.90 Å². The molecule has 1 unspecified atom stereocenters. The van der Waals surface area contributed by atoms with Crippen molar-refractivity contribution >= 4 is 17.8 Å². The minimum absolute atomic E-state index is 0.292. The summed E-state index contributed by atoms with van der Waals surface area (Å²) < 4.78 is 0. The molecule has 2 rings (SSSR count). The monoisotopic (exact) mass is 358 g/mol. The molecule has 0 radical (unpaired) electrons. The first-order valence-electron chi connectivity index (χ1n) is 9.59. The highest BCUT2D eigenvalue weighted by Crippen LogP contribution is 2.59. The van der Waals surface area contributed by atoms with Crippen LogP contribution in [0.4, 0.5) is 0 Å². The van der Waals surface area contributed by atoms with E-state index in [2.05, 4.69) is 21.8 Å². The third kappa shape index (κ3) is 5.27. The van der Waals surface area contributed by atoms with E-state index in [-0.39, 0.29) is 0 Å². The van der Waals surface area contributed by atoms with E-state index in [4.69, 9.17) is 16.9 Å². The van der Waals surface area contributed by atoms with Crippen LogP contribution in [0.15, 0.2) is 33.4 Å². The maximum absolute atomic E-state index is 8.08. The number of aliphatic imine (C=N–C) groups is 2. The average molecular weight is 359 g/mol. The van der Waals surface area contributed by atoms with Gasteiger partial charge >= 0.3 is 0 Å². The Morgan fingerprint density at radius 3 is 2.54 bits per heavy atom. The Labute approximate surface area is 157 Å². The lowest BCUT2D eigenvalue weighted by Gasteiger charge is -2.32. The van der Waals surface area contributed by atoms with Crippen LogP contribution in [0.25, 0.3) is 0 Å². The molecule has 0 bridgehead atoms. The van der Waals surface area contributed by atoms with Crippen molar-refractivity contribution < 1.29 is 0 Å². The third-order valence-corrected chi connectivity index (χ3v) is 5.64. The Kier molecular flexibility index (Phi) is 7.14. The molecule has 1 aliphatic carbocycles. The lowest BCUT2D eigenvalue weighted by Crippen LogP contribution is -2.35. The van der Waals surface area contributed by atoms with Crippen LogP contribution in [0, 0.1) is 16.7 Å². The van der Waals surface area contributed by atoms with Gasteiger partial charge in [0.1, 0.15) is 5.84 Å². The van der Waals surface area contributed by atoms with Crippen molar-refractivity contribution in [1.29, 1.82) is 5.41 Å². The van der Waals surface area contributed by atoms with Crippen molar-refractivity contribution in [3.05, 3.63) is 23.4 Å². The Hall–Kier alpha value is -1.95. The average Bonchev–Trinajstić information content (AvgIpc) is 3.30. The van der Waals surface area contributed by atoms with Gasteiger partial charge in [0.15, 0.2) is 0 Å². The topological polar surface area (TPSA) is 104 Å². The van der Waals surface area contributed by atoms with Gasteiger partial charge in [-0.2, -0.15) is 0 Å². The Balaban J connectivity index is 1.83. The zero-order valence-corrected chi connectivity index (χ0v) is 16.5. The third-order valence-electron chi connectivity index (χ3n) is 5.64. The zero-order valence-electron chi connectivity index (χ0n) is 16.5. The molecule has 2 aliphatic rings. The van der Waals surface area contributed by atoms with Gasteiger partial charge in [-0.05, 0) is 75.7 Å². The number of hydrogen-bond donors (Lipinski definition) is 3. The molecule has 0 aromatic heterocycles. The van der Waals surface area contributed by atoms with Crippen LogP contribution in [-0.2, 0) is 0 Å². The quantitative estimate of drug-likeness (QED) is 0.458. The fourth-order valence-corrected chi connectivity index (χ4v) is 3.88. The van der Waals surface area contributed by atoms with Crippen LogP contribution in [0.2, 0.25) is 0 Å². The van der Waals surface area contributed by atoms with E-state index in [1.807, 2.05) is 0 Å². The molecule has 1 aliphatic heterocycles. The van der Waals surface area contributed by atoms with Gasteiger partial charge in [-0.1, -0.05) is 6.92 Å². The molecule has 1 atom stereocenters. The van der Waals surface area contributed by atoms with Crippen LogP contribution in [0.5, 0.6) is 0 Å². The normalized spacial score (nSPS) is 24.4. The highest BCUT2D eigenvalue weighted by Gasteiger charge is 2.54. The smallest absolute Gasteiger partial charge is 0.118 e. The fourth-order valence-electron chi connectivity index (χ4n) is 3.88. The summed E-state index contributed by atoms with van der Waals surface area (Å²) in [7, 11) is 1.66. The van der Waals surface area contributed by atoms with Crippen molar-refractivity contribution in [2.45, 2.75) is 39.5 Å². The van der Waals surface area contributed by atoms with E-state index in [1.54, 1.807) is 32.3 Å². The predicted octanol–water partition coefficient (Wildman–Crippen LogP) is 2.36. The molecule has 6 nitrogen and oxygen atoms in total. The summed E-state index contributed by atoms with van der Waals surface area (Å²) >= 11 is 0. The standard InChI is InChI=1S/C20H34N6/c1-4-9-26-10-7-20(8-11-26)12-16(20)13-25-19(23)6-5-18(22)17(14-24-3)15(2)21/h5-6,14,16,22H,4,7-13,21H2,1-3H3,(H2,23,25)/b6-5-,17-15?,22-18?,24-14?. The highest BCUT2D eigenvalue weighted by atomic mass is 15.1. The molecule has 0 amide bonds. The Morgan fingerprint density at radius 1 is 1.27 bits per heavy atom. The molecule has 5 N–H and O–H groups in total. The van der Waals surface area contributed by atoms with E-state index in [9.17, 15) is 0 Å². The van der Waals surface area contributed by atoms with Gasteiger partial charge in [0.05, 0.1) is 5.71 Å². The SMILES string of the molecule is CCCN1CCC2(CC1)CC2CN=C(N)/C=C\C(=N)C(C=NC)=C(C)N. The van der Waals surface area contributed by atoms with Crippen molar-refractivity contribution in [2.75, 3.05) is 33.2 Å². The van der Waals surface area contributed by atoms with E-state index in [0.29, 0.717) is 34.2 Å². The summed E-state index contributed by atoms with van der Waals surface area (Å²) in [5.74, 6) is 1.15. The summed E-state index contributed by atoms with van der Waals surface area (Å²) in [6.07, 6.45) is 10.0. The maximum Gasteiger partial charge on any atom is 0.118 e. The fraction of sp³-hybridized carbons (Fsp3) is 0.650. The molecule has 26 heavy (non-hydrogen) atoms. The molecule has 1 saturated carbocycles. The second-order valence-electron chi connectivity index (χ2n) is 7.60. The summed E-state index contributed by atoms with van der Waals surface area (Å²) in [5, 5.41) is 8.08. The number of nitrogens with one attached hydrogen (secondary N) is 1. The van der Waals surface area contributed by atoms with E-state index in [0.717, 1.165) is 6.54 Å². The zero-order chi connectivity index (χ0) is 19.2. The van der Waals surface area contributed by atoms with Gasteiger partial charge in [-0.3, -0.25) is 9.98 Å². The molecule has 1 saturated heterocycles. The number of nitrogens with two attached hydrogens (primary N) is 2. The first kappa shape index (κ1) is 20.4. The van der Waals surface area contributed by atoms with Gasteiger partial charge in [0, 0.05) is 31.1 Å². The van der Waals surface area contributed by atoms with Gasteiger partial charge in [-0.15, -0.1) is 0 Å². The molecule has 0 aromatic rings. The molecule has 1 spiro atoms. The van der Waals surface area contributed by atoms with Gasteiger partial charge in [0.2, 0.25) is 0 Å². The van der Waals surface area contributed by atoms with Gasteiger partial charge < -0.3 is 21.8 Å². The number of hydrogen-bond acceptors (Lipinski definition) is 5. The Bertz CT molecular complexity index is 616. The van der Waals surface area contributed by atoms with Crippen molar-refractivity contribution in [3.8, 4) is 0 Å². The number of nitrogens with zero attached hydrogens (tertiary/aromatic N) is 3. The molecule has 2 fully saturated rings. The van der Waals surface area contributed by atoms with Crippen LogP contribution in [0.3, 0.4) is 0 Å². The lowest BCUT2D eigenvalue weighted by atomic mass is 9.91. The first-order valence-corrected chi connectivity index (χ1v) is 9.59. The molecular weight excluding hydrogens is 324 g/mol. The molecular formula is C20H34N6. The number of rotatable bonds is 8. The number of piperidine rings is 1. The molecule has 1 heterocycles. The first-order chi connectivity index (χ1) is 12.4. The largest absolute Gasteiger partial charge is 0.402 e. The van der Waals surface area contributed by atoms with Gasteiger partial charge in [0.25, 0.3) is 0 Å². The minimum atomic E-state index is 0.292. The summed E-state index contributed by atoms with van der Waals surface area (Å²) in [6.45, 7) is 8.49. The number of allylic oxidation sites excluding steroid dienone is 3. The van der Waals surface area contributed by atoms with Crippen LogP contribution < -0.4 is 11.5 Å². The van der Waals surface area contributed by atoms with Crippen molar-refractivity contribution in [3.63, 3.8) is 0 Å². The van der Waals surface area contributed by atoms with E-state index >= 15 is 0 Å². The highest BCUT2D eigenvalue weighted by molar-refractivity contribution is 6.21.